The Morgan fingerprint density at radius 3 is 2.42 bits per heavy atom. The molecule has 0 atom stereocenters. The van der Waals surface area contributed by atoms with Gasteiger partial charge in [-0.3, -0.25) is 9.69 Å². The average molecular weight is 326 g/mol. The highest BCUT2D eigenvalue weighted by atomic mass is 16.2. The van der Waals surface area contributed by atoms with Crippen LogP contribution < -0.4 is 5.32 Å². The van der Waals surface area contributed by atoms with Crippen LogP contribution in [0.15, 0.2) is 30.3 Å². The van der Waals surface area contributed by atoms with Gasteiger partial charge in [0.05, 0.1) is 17.9 Å². The number of benzene rings is 1. The van der Waals surface area contributed by atoms with Crippen LogP contribution in [0.5, 0.6) is 0 Å². The van der Waals surface area contributed by atoms with Gasteiger partial charge < -0.3 is 5.32 Å². The maximum atomic E-state index is 12.4. The minimum absolute atomic E-state index is 0.0326. The summed E-state index contributed by atoms with van der Waals surface area (Å²) in [4.78, 5) is 14.7. The average Bonchev–Trinajstić information content (AvgIpc) is 2.74. The van der Waals surface area contributed by atoms with Crippen LogP contribution in [0.25, 0.3) is 5.69 Å². The number of likely N-dealkylation sites (tertiary alicyclic amines) is 1. The van der Waals surface area contributed by atoms with E-state index in [4.69, 9.17) is 0 Å². The van der Waals surface area contributed by atoms with Crippen LogP contribution in [0.4, 0.5) is 5.82 Å². The van der Waals surface area contributed by atoms with Crippen molar-refractivity contribution in [1.82, 2.24) is 14.7 Å². The van der Waals surface area contributed by atoms with E-state index in [-0.39, 0.29) is 5.91 Å². The first kappa shape index (κ1) is 16.7. The lowest BCUT2D eigenvalue weighted by atomic mass is 10.2. The van der Waals surface area contributed by atoms with Gasteiger partial charge in [-0.2, -0.15) is 5.10 Å². The molecule has 1 aliphatic rings. The molecule has 1 fully saturated rings. The molecule has 0 aliphatic carbocycles. The van der Waals surface area contributed by atoms with E-state index < -0.39 is 0 Å². The summed E-state index contributed by atoms with van der Waals surface area (Å²) < 4.78 is 1.80. The number of hydrogen-bond acceptors (Lipinski definition) is 3. The van der Waals surface area contributed by atoms with Crippen LogP contribution in [0.1, 0.15) is 36.9 Å². The third-order valence-electron chi connectivity index (χ3n) is 4.44. The predicted molar refractivity (Wildman–Crippen MR) is 96.6 cm³/mol. The fourth-order valence-corrected chi connectivity index (χ4v) is 3.15. The van der Waals surface area contributed by atoms with E-state index in [1.807, 2.05) is 25.1 Å². The molecule has 0 spiro atoms. The van der Waals surface area contributed by atoms with Gasteiger partial charge in [0, 0.05) is 6.07 Å². The van der Waals surface area contributed by atoms with Crippen LogP contribution >= 0.6 is 0 Å². The monoisotopic (exact) mass is 326 g/mol. The van der Waals surface area contributed by atoms with Crippen molar-refractivity contribution >= 4 is 11.7 Å². The smallest absolute Gasteiger partial charge is 0.239 e. The summed E-state index contributed by atoms with van der Waals surface area (Å²) in [7, 11) is 0. The minimum atomic E-state index is 0.0326. The Kier molecular flexibility index (Phi) is 5.30. The molecule has 0 bridgehead atoms. The Morgan fingerprint density at radius 2 is 1.75 bits per heavy atom. The van der Waals surface area contributed by atoms with Gasteiger partial charge in [-0.25, -0.2) is 4.68 Å². The Morgan fingerprint density at radius 1 is 1.08 bits per heavy atom. The molecule has 24 heavy (non-hydrogen) atoms. The number of carbonyl (C=O) groups is 1. The zero-order valence-corrected chi connectivity index (χ0v) is 14.6. The number of rotatable bonds is 4. The highest BCUT2D eigenvalue weighted by Crippen LogP contribution is 2.18. The van der Waals surface area contributed by atoms with Crippen molar-refractivity contribution in [1.29, 1.82) is 0 Å². The molecule has 1 N–H and O–H groups in total. The summed E-state index contributed by atoms with van der Waals surface area (Å²) in [5, 5.41) is 7.55. The quantitative estimate of drug-likeness (QED) is 0.938. The molecular formula is C19H26N4O. The number of nitrogens with zero attached hydrogens (tertiary/aromatic N) is 3. The van der Waals surface area contributed by atoms with E-state index in [1.165, 1.54) is 31.2 Å². The molecule has 2 aromatic rings. The molecule has 0 saturated carbocycles. The first-order valence-electron chi connectivity index (χ1n) is 8.78. The molecule has 1 aliphatic heterocycles. The molecule has 1 aromatic heterocycles. The number of amides is 1. The topological polar surface area (TPSA) is 50.2 Å². The first-order valence-corrected chi connectivity index (χ1v) is 8.78. The number of aryl methyl sites for hydroxylation is 2. The molecule has 1 aromatic carbocycles. The van der Waals surface area contributed by atoms with Crippen LogP contribution in [0, 0.1) is 13.8 Å². The second-order valence-electron chi connectivity index (χ2n) is 6.66. The molecule has 1 saturated heterocycles. The molecule has 128 valence electrons. The van der Waals surface area contributed by atoms with Crippen molar-refractivity contribution in [2.45, 2.75) is 39.5 Å². The van der Waals surface area contributed by atoms with Crippen molar-refractivity contribution in [3.63, 3.8) is 0 Å². The fraction of sp³-hybridized carbons (Fsp3) is 0.474. The molecule has 0 unspecified atom stereocenters. The Labute approximate surface area is 143 Å². The van der Waals surface area contributed by atoms with Crippen LogP contribution in [0.2, 0.25) is 0 Å². The lowest BCUT2D eigenvalue weighted by Crippen LogP contribution is -2.34. The molecule has 3 rings (SSSR count). The van der Waals surface area contributed by atoms with Gasteiger partial charge in [-0.1, -0.05) is 30.5 Å². The number of aromatic nitrogens is 2. The zero-order valence-electron chi connectivity index (χ0n) is 14.6. The number of nitrogens with one attached hydrogen (secondary N) is 1. The van der Waals surface area contributed by atoms with E-state index >= 15 is 0 Å². The number of carbonyl (C=O) groups excluding carboxylic acids is 1. The molecule has 5 heteroatoms. The lowest BCUT2D eigenvalue weighted by Gasteiger charge is -2.19. The zero-order chi connectivity index (χ0) is 16.9. The normalized spacial score (nSPS) is 15.9. The van der Waals surface area contributed by atoms with Gasteiger partial charge in [0.25, 0.3) is 0 Å². The van der Waals surface area contributed by atoms with E-state index in [0.29, 0.717) is 6.54 Å². The van der Waals surface area contributed by atoms with Gasteiger partial charge in [-0.15, -0.1) is 0 Å². The second-order valence-corrected chi connectivity index (χ2v) is 6.66. The fourth-order valence-electron chi connectivity index (χ4n) is 3.15. The highest BCUT2D eigenvalue weighted by Gasteiger charge is 2.15. The van der Waals surface area contributed by atoms with Gasteiger partial charge in [0.2, 0.25) is 5.91 Å². The molecular weight excluding hydrogens is 300 g/mol. The first-order chi connectivity index (χ1) is 11.6. The second kappa shape index (κ2) is 7.62. The van der Waals surface area contributed by atoms with Gasteiger partial charge in [-0.05, 0) is 51.9 Å². The van der Waals surface area contributed by atoms with E-state index in [2.05, 4.69) is 34.4 Å². The number of hydrogen-bond donors (Lipinski definition) is 1. The SMILES string of the molecule is Cc1ccc(-n2nc(C)cc2NC(=O)CN2CCCCCC2)cc1. The molecule has 2 heterocycles. The Hall–Kier alpha value is -2.14. The molecule has 1 amide bonds. The summed E-state index contributed by atoms with van der Waals surface area (Å²) in [6.07, 6.45) is 4.93. The Bertz CT molecular complexity index is 682. The maximum absolute atomic E-state index is 12.4. The predicted octanol–water partition coefficient (Wildman–Crippen LogP) is 3.30. The summed E-state index contributed by atoms with van der Waals surface area (Å²) >= 11 is 0. The van der Waals surface area contributed by atoms with Crippen molar-refractivity contribution in [3.05, 3.63) is 41.6 Å². The van der Waals surface area contributed by atoms with Crippen molar-refractivity contribution in [2.24, 2.45) is 0 Å². The van der Waals surface area contributed by atoms with Crippen LogP contribution in [-0.4, -0.2) is 40.2 Å². The van der Waals surface area contributed by atoms with Gasteiger partial charge in [0.15, 0.2) is 0 Å². The Balaban J connectivity index is 1.70. The highest BCUT2D eigenvalue weighted by molar-refractivity contribution is 5.91. The van der Waals surface area contributed by atoms with Crippen molar-refractivity contribution in [2.75, 3.05) is 25.0 Å². The van der Waals surface area contributed by atoms with Crippen molar-refractivity contribution < 1.29 is 4.79 Å². The molecule has 5 nitrogen and oxygen atoms in total. The molecule has 0 radical (unpaired) electrons. The van der Waals surface area contributed by atoms with E-state index in [0.717, 1.165) is 30.3 Å². The largest absolute Gasteiger partial charge is 0.309 e. The van der Waals surface area contributed by atoms with Gasteiger partial charge >= 0.3 is 0 Å². The van der Waals surface area contributed by atoms with Gasteiger partial charge in [0.1, 0.15) is 5.82 Å². The van der Waals surface area contributed by atoms with Crippen molar-refractivity contribution in [3.8, 4) is 5.69 Å². The summed E-state index contributed by atoms with van der Waals surface area (Å²) in [6.45, 7) is 6.49. The summed E-state index contributed by atoms with van der Waals surface area (Å²) in [5.74, 6) is 0.765. The lowest BCUT2D eigenvalue weighted by molar-refractivity contribution is -0.117. The standard InChI is InChI=1S/C19H26N4O/c1-15-7-9-17(10-8-15)23-18(13-16(2)21-23)20-19(24)14-22-11-5-3-4-6-12-22/h7-10,13H,3-6,11-12,14H2,1-2H3,(H,20,24). The van der Waals surface area contributed by atoms with Crippen LogP contribution in [-0.2, 0) is 4.79 Å². The third kappa shape index (κ3) is 4.23. The van der Waals surface area contributed by atoms with Crippen LogP contribution in [0.3, 0.4) is 0 Å². The third-order valence-corrected chi connectivity index (χ3v) is 4.44. The maximum Gasteiger partial charge on any atom is 0.239 e. The summed E-state index contributed by atoms with van der Waals surface area (Å²) in [5.41, 5.74) is 3.05. The minimum Gasteiger partial charge on any atom is -0.309 e. The van der Waals surface area contributed by atoms with E-state index in [1.54, 1.807) is 4.68 Å². The number of anilines is 1. The summed E-state index contributed by atoms with van der Waals surface area (Å²) in [6, 6.07) is 10.1. The van der Waals surface area contributed by atoms with E-state index in [9.17, 15) is 4.79 Å².